The minimum Gasteiger partial charge on any atom is -0.349 e. The SMILES string of the molecule is O=C(NC1CCCCC1)c1ccc(CN2CCN(c3ccccc3)C(=O)C2=O)cc1. The van der Waals surface area contributed by atoms with Gasteiger partial charge in [0.05, 0.1) is 0 Å². The lowest BCUT2D eigenvalue weighted by Crippen LogP contribution is -2.54. The van der Waals surface area contributed by atoms with Gasteiger partial charge < -0.3 is 15.1 Å². The van der Waals surface area contributed by atoms with Crippen LogP contribution in [0.3, 0.4) is 0 Å². The van der Waals surface area contributed by atoms with Crippen LogP contribution in [0.25, 0.3) is 0 Å². The average molecular weight is 405 g/mol. The van der Waals surface area contributed by atoms with E-state index in [2.05, 4.69) is 5.32 Å². The maximum absolute atomic E-state index is 12.6. The smallest absolute Gasteiger partial charge is 0.316 e. The molecule has 2 aliphatic rings. The van der Waals surface area contributed by atoms with Gasteiger partial charge in [-0.05, 0) is 42.7 Å². The van der Waals surface area contributed by atoms with Gasteiger partial charge >= 0.3 is 11.8 Å². The molecule has 0 bridgehead atoms. The van der Waals surface area contributed by atoms with E-state index in [9.17, 15) is 14.4 Å². The summed E-state index contributed by atoms with van der Waals surface area (Å²) in [4.78, 5) is 40.7. The highest BCUT2D eigenvalue weighted by Gasteiger charge is 2.33. The monoisotopic (exact) mass is 405 g/mol. The summed E-state index contributed by atoms with van der Waals surface area (Å²) in [6.45, 7) is 1.30. The number of nitrogens with zero attached hydrogens (tertiary/aromatic N) is 2. The molecule has 3 amide bonds. The Morgan fingerprint density at radius 1 is 0.867 bits per heavy atom. The molecule has 1 saturated carbocycles. The molecule has 0 aromatic heterocycles. The fourth-order valence-corrected chi connectivity index (χ4v) is 4.18. The van der Waals surface area contributed by atoms with Crippen molar-refractivity contribution in [2.75, 3.05) is 18.0 Å². The third kappa shape index (κ3) is 4.53. The molecule has 1 heterocycles. The summed E-state index contributed by atoms with van der Waals surface area (Å²) in [6, 6.07) is 16.8. The van der Waals surface area contributed by atoms with Crippen LogP contribution in [0.1, 0.15) is 48.0 Å². The molecule has 6 heteroatoms. The van der Waals surface area contributed by atoms with Crippen LogP contribution in [0, 0.1) is 0 Å². The van der Waals surface area contributed by atoms with Crippen molar-refractivity contribution in [1.82, 2.24) is 10.2 Å². The van der Waals surface area contributed by atoms with Gasteiger partial charge in [0.15, 0.2) is 0 Å². The van der Waals surface area contributed by atoms with E-state index in [0.29, 0.717) is 25.2 Å². The number of benzene rings is 2. The van der Waals surface area contributed by atoms with Gasteiger partial charge in [0, 0.05) is 36.9 Å². The number of piperazine rings is 1. The van der Waals surface area contributed by atoms with Crippen LogP contribution >= 0.6 is 0 Å². The number of hydrogen-bond acceptors (Lipinski definition) is 3. The number of rotatable bonds is 5. The first-order chi connectivity index (χ1) is 14.6. The van der Waals surface area contributed by atoms with E-state index in [1.54, 1.807) is 17.0 Å². The minimum atomic E-state index is -0.504. The van der Waals surface area contributed by atoms with Gasteiger partial charge in [-0.25, -0.2) is 0 Å². The molecule has 1 aliphatic heterocycles. The summed E-state index contributed by atoms with van der Waals surface area (Å²) in [5.74, 6) is -1.05. The summed E-state index contributed by atoms with van der Waals surface area (Å²) in [6.07, 6.45) is 5.70. The van der Waals surface area contributed by atoms with Crippen molar-refractivity contribution < 1.29 is 14.4 Å². The number of anilines is 1. The van der Waals surface area contributed by atoms with Crippen LogP contribution in [0.5, 0.6) is 0 Å². The third-order valence-corrected chi connectivity index (χ3v) is 5.91. The minimum absolute atomic E-state index is 0.0452. The van der Waals surface area contributed by atoms with Gasteiger partial charge in [-0.15, -0.1) is 0 Å². The Labute approximate surface area is 176 Å². The van der Waals surface area contributed by atoms with Crippen LogP contribution in [0.15, 0.2) is 54.6 Å². The first-order valence-corrected chi connectivity index (χ1v) is 10.7. The molecular weight excluding hydrogens is 378 g/mol. The Balaban J connectivity index is 1.35. The quantitative estimate of drug-likeness (QED) is 0.777. The maximum atomic E-state index is 12.6. The lowest BCUT2D eigenvalue weighted by atomic mass is 9.95. The highest BCUT2D eigenvalue weighted by molar-refractivity contribution is 6.40. The van der Waals surface area contributed by atoms with E-state index >= 15 is 0 Å². The molecule has 1 saturated heterocycles. The third-order valence-electron chi connectivity index (χ3n) is 5.91. The van der Waals surface area contributed by atoms with Crippen molar-refractivity contribution in [2.45, 2.75) is 44.7 Å². The van der Waals surface area contributed by atoms with Crippen molar-refractivity contribution >= 4 is 23.4 Å². The van der Waals surface area contributed by atoms with E-state index in [1.165, 1.54) is 24.2 Å². The van der Waals surface area contributed by atoms with Crippen molar-refractivity contribution in [3.8, 4) is 0 Å². The van der Waals surface area contributed by atoms with E-state index in [1.807, 2.05) is 42.5 Å². The van der Waals surface area contributed by atoms with E-state index in [4.69, 9.17) is 0 Å². The molecule has 4 rings (SSSR count). The lowest BCUT2D eigenvalue weighted by molar-refractivity contribution is -0.146. The zero-order chi connectivity index (χ0) is 20.9. The normalized spacial score (nSPS) is 17.9. The molecule has 6 nitrogen and oxygen atoms in total. The largest absolute Gasteiger partial charge is 0.349 e. The van der Waals surface area contributed by atoms with Crippen molar-refractivity contribution in [1.29, 1.82) is 0 Å². The number of nitrogens with one attached hydrogen (secondary N) is 1. The maximum Gasteiger partial charge on any atom is 0.316 e. The molecule has 1 N–H and O–H groups in total. The standard InChI is InChI=1S/C24H27N3O3/c28-22(25-20-7-3-1-4-8-20)19-13-11-18(12-14-19)17-26-15-16-27(24(30)23(26)29)21-9-5-2-6-10-21/h2,5-6,9-14,20H,1,3-4,7-8,15-17H2,(H,25,28). The molecular formula is C24H27N3O3. The second-order valence-electron chi connectivity index (χ2n) is 8.02. The Morgan fingerprint density at radius 2 is 1.57 bits per heavy atom. The molecule has 2 aromatic carbocycles. The number of carbonyl (C=O) groups is 3. The molecule has 0 spiro atoms. The van der Waals surface area contributed by atoms with Gasteiger partial charge in [-0.3, -0.25) is 14.4 Å². The first kappa shape index (κ1) is 20.1. The zero-order valence-electron chi connectivity index (χ0n) is 17.0. The predicted molar refractivity (Wildman–Crippen MR) is 115 cm³/mol. The van der Waals surface area contributed by atoms with Gasteiger partial charge in [0.1, 0.15) is 0 Å². The number of carbonyl (C=O) groups excluding carboxylic acids is 3. The summed E-state index contributed by atoms with van der Waals surface area (Å²) >= 11 is 0. The summed E-state index contributed by atoms with van der Waals surface area (Å²) in [5.41, 5.74) is 2.27. The fourth-order valence-electron chi connectivity index (χ4n) is 4.18. The van der Waals surface area contributed by atoms with Crippen molar-refractivity contribution in [3.05, 3.63) is 65.7 Å². The number of amides is 3. The molecule has 1 aliphatic carbocycles. The van der Waals surface area contributed by atoms with E-state index < -0.39 is 11.8 Å². The van der Waals surface area contributed by atoms with E-state index in [0.717, 1.165) is 24.1 Å². The first-order valence-electron chi connectivity index (χ1n) is 10.7. The average Bonchev–Trinajstić information content (AvgIpc) is 2.79. The Hall–Kier alpha value is -3.15. The number of para-hydroxylation sites is 1. The van der Waals surface area contributed by atoms with Crippen molar-refractivity contribution in [2.24, 2.45) is 0 Å². The van der Waals surface area contributed by atoms with Gasteiger partial charge in [0.2, 0.25) is 0 Å². The van der Waals surface area contributed by atoms with Crippen LogP contribution in [-0.2, 0) is 16.1 Å². The number of hydrogen-bond donors (Lipinski definition) is 1. The van der Waals surface area contributed by atoms with Crippen LogP contribution in [0.4, 0.5) is 5.69 Å². The van der Waals surface area contributed by atoms with Crippen molar-refractivity contribution in [3.63, 3.8) is 0 Å². The molecule has 2 fully saturated rings. The topological polar surface area (TPSA) is 69.7 Å². The molecule has 0 radical (unpaired) electrons. The Morgan fingerprint density at radius 3 is 2.27 bits per heavy atom. The lowest BCUT2D eigenvalue weighted by Gasteiger charge is -2.33. The summed E-state index contributed by atoms with van der Waals surface area (Å²) in [7, 11) is 0. The molecule has 30 heavy (non-hydrogen) atoms. The van der Waals surface area contributed by atoms with E-state index in [-0.39, 0.29) is 11.9 Å². The second kappa shape index (κ2) is 9.11. The van der Waals surface area contributed by atoms with Gasteiger partial charge in [-0.1, -0.05) is 49.6 Å². The molecule has 156 valence electrons. The second-order valence-corrected chi connectivity index (χ2v) is 8.02. The van der Waals surface area contributed by atoms with Gasteiger partial charge in [-0.2, -0.15) is 0 Å². The Kier molecular flexibility index (Phi) is 6.12. The zero-order valence-corrected chi connectivity index (χ0v) is 17.0. The highest BCUT2D eigenvalue weighted by Crippen LogP contribution is 2.20. The summed E-state index contributed by atoms with van der Waals surface area (Å²) < 4.78 is 0. The molecule has 0 atom stereocenters. The van der Waals surface area contributed by atoms with Crippen LogP contribution < -0.4 is 10.2 Å². The van der Waals surface area contributed by atoms with Gasteiger partial charge in [0.25, 0.3) is 5.91 Å². The fraction of sp³-hybridized carbons (Fsp3) is 0.375. The summed E-state index contributed by atoms with van der Waals surface area (Å²) in [5, 5.41) is 3.12. The highest BCUT2D eigenvalue weighted by atomic mass is 16.2. The molecule has 0 unspecified atom stereocenters. The Bertz CT molecular complexity index is 905. The molecule has 2 aromatic rings. The predicted octanol–water partition coefficient (Wildman–Crippen LogP) is 3.12. The van der Waals surface area contributed by atoms with Crippen LogP contribution in [0.2, 0.25) is 0 Å². The van der Waals surface area contributed by atoms with Crippen LogP contribution in [-0.4, -0.2) is 41.8 Å².